The van der Waals surface area contributed by atoms with Crippen LogP contribution >= 0.6 is 0 Å². The highest BCUT2D eigenvalue weighted by Crippen LogP contribution is 2.61. The van der Waals surface area contributed by atoms with E-state index in [9.17, 15) is 19.2 Å². The molecule has 4 bridgehead atoms. The SMILES string of the molecule is C[C@@H](NC(=O)CN1C(=O)C(=O)N(C)C1=O)C12CC3CC(CC(C3)C1)C2. The van der Waals surface area contributed by atoms with Gasteiger partial charge < -0.3 is 5.32 Å². The number of likely N-dealkylation sites (N-methyl/N-ethyl adjacent to an activating group) is 1. The highest BCUT2D eigenvalue weighted by Gasteiger charge is 2.53. The van der Waals surface area contributed by atoms with Crippen molar-refractivity contribution < 1.29 is 19.2 Å². The predicted octanol–water partition coefficient (Wildman–Crippen LogP) is 1.13. The molecule has 0 spiro atoms. The zero-order valence-corrected chi connectivity index (χ0v) is 14.8. The van der Waals surface area contributed by atoms with Crippen molar-refractivity contribution in [3.05, 3.63) is 0 Å². The molecule has 1 atom stereocenters. The minimum atomic E-state index is -0.926. The van der Waals surface area contributed by atoms with E-state index in [2.05, 4.69) is 12.2 Å². The molecule has 0 radical (unpaired) electrons. The average Bonchev–Trinajstić information content (AvgIpc) is 2.71. The first-order valence-electron chi connectivity index (χ1n) is 9.22. The predicted molar refractivity (Wildman–Crippen MR) is 88.1 cm³/mol. The van der Waals surface area contributed by atoms with Gasteiger partial charge in [0.15, 0.2) is 0 Å². The van der Waals surface area contributed by atoms with E-state index >= 15 is 0 Å². The summed E-state index contributed by atoms with van der Waals surface area (Å²) in [4.78, 5) is 49.1. The topological polar surface area (TPSA) is 86.8 Å². The maximum Gasteiger partial charge on any atom is 0.334 e. The third kappa shape index (κ3) is 2.55. The second-order valence-corrected chi connectivity index (χ2v) is 8.61. The molecule has 5 fully saturated rings. The Hall–Kier alpha value is -1.92. The van der Waals surface area contributed by atoms with E-state index in [1.54, 1.807) is 0 Å². The van der Waals surface area contributed by atoms with Crippen LogP contribution in [0.1, 0.15) is 45.4 Å². The normalized spacial score (nSPS) is 37.8. The van der Waals surface area contributed by atoms with Crippen LogP contribution in [-0.4, -0.2) is 53.2 Å². The summed E-state index contributed by atoms with van der Waals surface area (Å²) < 4.78 is 0. The Morgan fingerprint density at radius 1 is 1.08 bits per heavy atom. The summed E-state index contributed by atoms with van der Waals surface area (Å²) in [5, 5.41) is 3.02. The van der Waals surface area contributed by atoms with E-state index in [4.69, 9.17) is 0 Å². The highest BCUT2D eigenvalue weighted by atomic mass is 16.2. The molecule has 1 heterocycles. The Morgan fingerprint density at radius 3 is 2.04 bits per heavy atom. The van der Waals surface area contributed by atoms with Crippen LogP contribution in [0.2, 0.25) is 0 Å². The summed E-state index contributed by atoms with van der Waals surface area (Å²) in [5.74, 6) is 0.195. The maximum atomic E-state index is 12.4. The van der Waals surface area contributed by atoms with Crippen molar-refractivity contribution in [3.63, 3.8) is 0 Å². The van der Waals surface area contributed by atoms with Gasteiger partial charge in [0, 0.05) is 13.1 Å². The van der Waals surface area contributed by atoms with Crippen LogP contribution in [0.25, 0.3) is 0 Å². The van der Waals surface area contributed by atoms with Crippen LogP contribution in [-0.2, 0) is 14.4 Å². The van der Waals surface area contributed by atoms with Gasteiger partial charge in [-0.05, 0) is 68.6 Å². The quantitative estimate of drug-likeness (QED) is 0.610. The molecule has 4 aliphatic carbocycles. The molecule has 0 aromatic carbocycles. The van der Waals surface area contributed by atoms with E-state index in [0.717, 1.165) is 27.6 Å². The first-order chi connectivity index (χ1) is 11.8. The zero-order chi connectivity index (χ0) is 17.9. The van der Waals surface area contributed by atoms with Gasteiger partial charge in [0.25, 0.3) is 0 Å². The first-order valence-corrected chi connectivity index (χ1v) is 9.22. The molecule has 5 rings (SSSR count). The molecule has 4 saturated carbocycles. The van der Waals surface area contributed by atoms with Gasteiger partial charge in [-0.1, -0.05) is 0 Å². The molecular formula is C18H25N3O4. The fourth-order valence-electron chi connectivity index (χ4n) is 6.04. The van der Waals surface area contributed by atoms with E-state index in [1.807, 2.05) is 0 Å². The van der Waals surface area contributed by atoms with Crippen LogP contribution in [0.3, 0.4) is 0 Å². The van der Waals surface area contributed by atoms with E-state index in [-0.39, 0.29) is 23.9 Å². The van der Waals surface area contributed by atoms with E-state index in [1.165, 1.54) is 45.6 Å². The van der Waals surface area contributed by atoms with Gasteiger partial charge in [0.05, 0.1) is 0 Å². The summed E-state index contributed by atoms with van der Waals surface area (Å²) in [5.41, 5.74) is 0.163. The third-order valence-corrected chi connectivity index (χ3v) is 6.93. The second-order valence-electron chi connectivity index (χ2n) is 8.61. The van der Waals surface area contributed by atoms with Gasteiger partial charge in [-0.3, -0.25) is 19.3 Å². The fourth-order valence-corrected chi connectivity index (χ4v) is 6.04. The number of carbonyl (C=O) groups is 4. The lowest BCUT2D eigenvalue weighted by molar-refractivity contribution is -0.143. The second kappa shape index (κ2) is 5.54. The molecule has 5 aliphatic rings. The number of carbonyl (C=O) groups excluding carboxylic acids is 4. The Morgan fingerprint density at radius 2 is 1.60 bits per heavy atom. The first kappa shape index (κ1) is 16.5. The van der Waals surface area contributed by atoms with Crippen LogP contribution in [0, 0.1) is 23.2 Å². The van der Waals surface area contributed by atoms with Crippen molar-refractivity contribution in [2.75, 3.05) is 13.6 Å². The molecule has 1 N–H and O–H groups in total. The molecule has 0 aromatic rings. The summed E-state index contributed by atoms with van der Waals surface area (Å²) in [6.07, 6.45) is 7.52. The number of nitrogens with zero attached hydrogens (tertiary/aromatic N) is 2. The highest BCUT2D eigenvalue weighted by molar-refractivity contribution is 6.44. The molecule has 1 saturated heterocycles. The van der Waals surface area contributed by atoms with E-state index in [0.29, 0.717) is 0 Å². The summed E-state index contributed by atoms with van der Waals surface area (Å²) in [6.45, 7) is 1.67. The number of nitrogens with one attached hydrogen (secondary N) is 1. The standard InChI is InChI=1S/C18H25N3O4/c1-10(18-6-11-3-12(7-18)5-13(4-11)8-18)19-14(22)9-21-16(24)15(23)20(2)17(21)25/h10-13H,3-9H2,1-2H3,(H,19,22)/t10-,11?,12?,13?,18?/m1/s1. The number of amides is 5. The van der Waals surface area contributed by atoms with Crippen molar-refractivity contribution in [2.45, 2.75) is 51.5 Å². The van der Waals surface area contributed by atoms with Crippen molar-refractivity contribution in [2.24, 2.45) is 23.2 Å². The number of hydrogen-bond donors (Lipinski definition) is 1. The Kier molecular flexibility index (Phi) is 3.67. The lowest BCUT2D eigenvalue weighted by atomic mass is 9.48. The van der Waals surface area contributed by atoms with Crippen molar-refractivity contribution in [3.8, 4) is 0 Å². The van der Waals surface area contributed by atoms with Gasteiger partial charge >= 0.3 is 17.8 Å². The molecular weight excluding hydrogens is 322 g/mol. The van der Waals surface area contributed by atoms with Crippen LogP contribution in [0.15, 0.2) is 0 Å². The molecule has 5 amide bonds. The molecule has 0 aromatic heterocycles. The summed E-state index contributed by atoms with van der Waals surface area (Å²) in [6, 6.07) is -0.706. The maximum absolute atomic E-state index is 12.4. The molecule has 1 aliphatic heterocycles. The zero-order valence-electron chi connectivity index (χ0n) is 14.8. The third-order valence-electron chi connectivity index (χ3n) is 6.93. The summed E-state index contributed by atoms with van der Waals surface area (Å²) >= 11 is 0. The monoisotopic (exact) mass is 347 g/mol. The lowest BCUT2D eigenvalue weighted by Gasteiger charge is -2.59. The van der Waals surface area contributed by atoms with Crippen LogP contribution < -0.4 is 5.32 Å². The summed E-state index contributed by atoms with van der Waals surface area (Å²) in [7, 11) is 1.25. The number of urea groups is 1. The smallest absolute Gasteiger partial charge is 0.334 e. The molecule has 0 unspecified atom stereocenters. The molecule has 25 heavy (non-hydrogen) atoms. The Bertz CT molecular complexity index is 623. The fraction of sp³-hybridized carbons (Fsp3) is 0.778. The van der Waals surface area contributed by atoms with E-state index < -0.39 is 17.8 Å². The van der Waals surface area contributed by atoms with Crippen LogP contribution in [0.5, 0.6) is 0 Å². The van der Waals surface area contributed by atoms with Crippen molar-refractivity contribution in [1.82, 2.24) is 15.1 Å². The molecule has 7 nitrogen and oxygen atoms in total. The number of rotatable bonds is 4. The lowest BCUT2D eigenvalue weighted by Crippen LogP contribution is -2.57. The van der Waals surface area contributed by atoms with Crippen molar-refractivity contribution >= 4 is 23.8 Å². The van der Waals surface area contributed by atoms with Crippen LogP contribution in [0.4, 0.5) is 4.79 Å². The Balaban J connectivity index is 1.41. The van der Waals surface area contributed by atoms with Gasteiger partial charge in [0.2, 0.25) is 5.91 Å². The minimum Gasteiger partial charge on any atom is -0.352 e. The van der Waals surface area contributed by atoms with Gasteiger partial charge in [-0.15, -0.1) is 0 Å². The van der Waals surface area contributed by atoms with Gasteiger partial charge in [0.1, 0.15) is 6.54 Å². The number of hydrogen-bond acceptors (Lipinski definition) is 4. The number of imide groups is 2. The van der Waals surface area contributed by atoms with Crippen molar-refractivity contribution in [1.29, 1.82) is 0 Å². The largest absolute Gasteiger partial charge is 0.352 e. The van der Waals surface area contributed by atoms with Gasteiger partial charge in [-0.2, -0.15) is 0 Å². The van der Waals surface area contributed by atoms with Gasteiger partial charge in [-0.25, -0.2) is 9.69 Å². The Labute approximate surface area is 147 Å². The minimum absolute atomic E-state index is 0.0228. The molecule has 136 valence electrons. The average molecular weight is 347 g/mol. The molecule has 7 heteroatoms.